The molecule has 4 aromatic carbocycles. The molecule has 0 aliphatic carbocycles. The number of fused-ring (bicyclic) bond motifs is 6. The van der Waals surface area contributed by atoms with Gasteiger partial charge in [0, 0.05) is 33.7 Å². The standard InChI is InChI=1S/C39H29N5/c1-3-15-26(4-2)39-40-31(27-16-7-5-8-17-27)24-36(41-39)44-33-23-14-12-21-30(33)38-35(44)25-34-37(42-38)29-20-11-13-22-32(29)43(34)28-18-9-6-10-19-28/h3-25H,1-2H3/b15-3-,26-4+. The van der Waals surface area contributed by atoms with E-state index in [9.17, 15) is 0 Å². The lowest BCUT2D eigenvalue weighted by molar-refractivity contribution is 1.02. The normalized spacial score (nSPS) is 12.4. The lowest BCUT2D eigenvalue weighted by Gasteiger charge is -2.12. The number of pyridine rings is 1. The first-order chi connectivity index (χ1) is 21.7. The van der Waals surface area contributed by atoms with Crippen LogP contribution in [0, 0.1) is 0 Å². The van der Waals surface area contributed by atoms with Gasteiger partial charge in [0.05, 0.1) is 38.8 Å². The summed E-state index contributed by atoms with van der Waals surface area (Å²) in [5.41, 5.74) is 10.1. The zero-order valence-corrected chi connectivity index (χ0v) is 24.5. The van der Waals surface area contributed by atoms with E-state index in [1.54, 1.807) is 0 Å². The van der Waals surface area contributed by atoms with Gasteiger partial charge >= 0.3 is 0 Å². The highest BCUT2D eigenvalue weighted by molar-refractivity contribution is 6.15. The van der Waals surface area contributed by atoms with Crippen molar-refractivity contribution in [2.75, 3.05) is 0 Å². The maximum Gasteiger partial charge on any atom is 0.161 e. The van der Waals surface area contributed by atoms with Gasteiger partial charge in [-0.05, 0) is 44.2 Å². The number of allylic oxidation sites excluding steroid dienone is 4. The molecule has 4 aromatic heterocycles. The lowest BCUT2D eigenvalue weighted by Crippen LogP contribution is -2.04. The Morgan fingerprint density at radius 2 is 1.16 bits per heavy atom. The first kappa shape index (κ1) is 25.9. The van der Waals surface area contributed by atoms with Crippen LogP contribution in [0.25, 0.3) is 72.2 Å². The Labute approximate surface area is 255 Å². The van der Waals surface area contributed by atoms with Gasteiger partial charge in [0.2, 0.25) is 0 Å². The first-order valence-corrected chi connectivity index (χ1v) is 14.9. The van der Waals surface area contributed by atoms with Crippen LogP contribution >= 0.6 is 0 Å². The Morgan fingerprint density at radius 1 is 0.568 bits per heavy atom. The quantitative estimate of drug-likeness (QED) is 0.195. The predicted molar refractivity (Wildman–Crippen MR) is 182 cm³/mol. The van der Waals surface area contributed by atoms with Crippen LogP contribution in [0.1, 0.15) is 19.7 Å². The fraction of sp³-hybridized carbons (Fsp3) is 0.0513. The number of nitrogens with zero attached hydrogens (tertiary/aromatic N) is 5. The SMILES string of the molecule is C/C=C\C(=C/C)c1nc(-c2ccccc2)cc(-n2c3ccccc3c3nc4c5ccccc5n(-c5ccccc5)c4cc32)n1. The van der Waals surface area contributed by atoms with Crippen molar-refractivity contribution in [3.05, 3.63) is 145 Å². The van der Waals surface area contributed by atoms with Crippen molar-refractivity contribution in [3.63, 3.8) is 0 Å². The Kier molecular flexibility index (Phi) is 6.16. The number of para-hydroxylation sites is 3. The minimum Gasteiger partial charge on any atom is -0.308 e. The van der Waals surface area contributed by atoms with E-state index in [1.807, 2.05) is 38.1 Å². The third kappa shape index (κ3) is 4.05. The molecule has 5 heteroatoms. The summed E-state index contributed by atoms with van der Waals surface area (Å²) in [4.78, 5) is 15.6. The van der Waals surface area contributed by atoms with Gasteiger partial charge in [0.1, 0.15) is 5.82 Å². The van der Waals surface area contributed by atoms with Crippen LogP contribution in [-0.2, 0) is 0 Å². The molecule has 0 unspecified atom stereocenters. The van der Waals surface area contributed by atoms with E-state index >= 15 is 0 Å². The average Bonchev–Trinajstić information content (AvgIpc) is 3.59. The molecule has 4 heterocycles. The molecule has 0 aliphatic heterocycles. The van der Waals surface area contributed by atoms with E-state index in [0.29, 0.717) is 5.82 Å². The smallest absolute Gasteiger partial charge is 0.161 e. The van der Waals surface area contributed by atoms with Gasteiger partial charge in [-0.1, -0.05) is 103 Å². The molecule has 0 amide bonds. The van der Waals surface area contributed by atoms with Crippen LogP contribution < -0.4 is 0 Å². The van der Waals surface area contributed by atoms with Crippen molar-refractivity contribution < 1.29 is 0 Å². The van der Waals surface area contributed by atoms with Gasteiger partial charge in [-0.2, -0.15) is 0 Å². The van der Waals surface area contributed by atoms with Gasteiger partial charge in [-0.25, -0.2) is 15.0 Å². The zero-order valence-electron chi connectivity index (χ0n) is 24.5. The number of hydrogen-bond donors (Lipinski definition) is 0. The van der Waals surface area contributed by atoms with E-state index in [2.05, 4.69) is 124 Å². The second-order valence-corrected chi connectivity index (χ2v) is 10.8. The summed E-state index contributed by atoms with van der Waals surface area (Å²) in [5, 5.41) is 2.21. The molecule has 0 aliphatic rings. The molecule has 8 aromatic rings. The molecular weight excluding hydrogens is 538 g/mol. The largest absolute Gasteiger partial charge is 0.308 e. The Bertz CT molecular complexity index is 2390. The molecule has 0 atom stereocenters. The summed E-state index contributed by atoms with van der Waals surface area (Å²) in [6.45, 7) is 4.04. The molecular formula is C39H29N5. The monoisotopic (exact) mass is 567 g/mol. The Hall–Kier alpha value is -5.81. The van der Waals surface area contributed by atoms with Crippen LogP contribution in [0.3, 0.4) is 0 Å². The van der Waals surface area contributed by atoms with Gasteiger partial charge < -0.3 is 4.57 Å². The fourth-order valence-electron chi connectivity index (χ4n) is 6.24. The van der Waals surface area contributed by atoms with Crippen molar-refractivity contribution in [2.24, 2.45) is 0 Å². The van der Waals surface area contributed by atoms with E-state index in [4.69, 9.17) is 15.0 Å². The molecule has 0 radical (unpaired) electrons. The second kappa shape index (κ2) is 10.5. The van der Waals surface area contributed by atoms with Crippen LogP contribution in [0.4, 0.5) is 0 Å². The van der Waals surface area contributed by atoms with Crippen LogP contribution in [0.2, 0.25) is 0 Å². The number of hydrogen-bond acceptors (Lipinski definition) is 3. The molecule has 0 saturated heterocycles. The first-order valence-electron chi connectivity index (χ1n) is 14.9. The third-order valence-electron chi connectivity index (χ3n) is 8.21. The van der Waals surface area contributed by atoms with Crippen LogP contribution in [0.15, 0.2) is 140 Å². The van der Waals surface area contributed by atoms with Crippen molar-refractivity contribution in [1.29, 1.82) is 0 Å². The maximum atomic E-state index is 5.40. The summed E-state index contributed by atoms with van der Waals surface area (Å²) >= 11 is 0. The van der Waals surface area contributed by atoms with E-state index in [-0.39, 0.29) is 0 Å². The minimum atomic E-state index is 0.681. The molecule has 44 heavy (non-hydrogen) atoms. The molecule has 8 rings (SSSR count). The summed E-state index contributed by atoms with van der Waals surface area (Å²) in [7, 11) is 0. The molecule has 0 N–H and O–H groups in total. The predicted octanol–water partition coefficient (Wildman–Crippen LogP) is 9.71. The van der Waals surface area contributed by atoms with Gasteiger partial charge in [0.15, 0.2) is 5.82 Å². The molecule has 0 saturated carbocycles. The van der Waals surface area contributed by atoms with Crippen molar-refractivity contribution in [3.8, 4) is 22.8 Å². The number of rotatable bonds is 5. The minimum absolute atomic E-state index is 0.681. The Morgan fingerprint density at radius 3 is 1.82 bits per heavy atom. The number of aromatic nitrogens is 5. The molecule has 0 spiro atoms. The molecule has 0 fully saturated rings. The van der Waals surface area contributed by atoms with Crippen molar-refractivity contribution >= 4 is 49.4 Å². The highest BCUT2D eigenvalue weighted by Gasteiger charge is 2.21. The summed E-state index contributed by atoms with van der Waals surface area (Å²) in [6, 6.07) is 42.1. The van der Waals surface area contributed by atoms with Crippen molar-refractivity contribution in [1.82, 2.24) is 24.1 Å². The average molecular weight is 568 g/mol. The number of benzene rings is 4. The van der Waals surface area contributed by atoms with E-state index in [1.165, 1.54) is 0 Å². The van der Waals surface area contributed by atoms with Gasteiger partial charge in [-0.15, -0.1) is 0 Å². The van der Waals surface area contributed by atoms with Crippen molar-refractivity contribution in [2.45, 2.75) is 13.8 Å². The van der Waals surface area contributed by atoms with E-state index in [0.717, 1.165) is 72.2 Å². The molecule has 5 nitrogen and oxygen atoms in total. The second-order valence-electron chi connectivity index (χ2n) is 10.8. The molecule has 210 valence electrons. The zero-order chi connectivity index (χ0) is 29.6. The maximum absolute atomic E-state index is 5.40. The summed E-state index contributed by atoms with van der Waals surface area (Å²) in [6.07, 6.45) is 6.14. The van der Waals surface area contributed by atoms with E-state index < -0.39 is 0 Å². The topological polar surface area (TPSA) is 48.5 Å². The third-order valence-corrected chi connectivity index (χ3v) is 8.21. The Balaban J connectivity index is 1.51. The highest BCUT2D eigenvalue weighted by Crippen LogP contribution is 2.37. The van der Waals surface area contributed by atoms with Gasteiger partial charge in [0.25, 0.3) is 0 Å². The van der Waals surface area contributed by atoms with Crippen LogP contribution in [0.5, 0.6) is 0 Å². The summed E-state index contributed by atoms with van der Waals surface area (Å²) < 4.78 is 4.55. The molecule has 0 bridgehead atoms. The summed E-state index contributed by atoms with van der Waals surface area (Å²) in [5.74, 6) is 1.48. The highest BCUT2D eigenvalue weighted by atomic mass is 15.1. The van der Waals surface area contributed by atoms with Crippen LogP contribution in [-0.4, -0.2) is 24.1 Å². The van der Waals surface area contributed by atoms with Gasteiger partial charge in [-0.3, -0.25) is 4.57 Å². The lowest BCUT2D eigenvalue weighted by atomic mass is 10.1. The fourth-order valence-corrected chi connectivity index (χ4v) is 6.24.